The number of carbonyl (C=O) groups is 2. The highest BCUT2D eigenvalue weighted by Gasteiger charge is 2.35. The van der Waals surface area contributed by atoms with E-state index >= 15 is 0 Å². The molecule has 14 nitrogen and oxygen atoms in total. The molecule has 0 aliphatic carbocycles. The van der Waals surface area contributed by atoms with Crippen molar-refractivity contribution >= 4 is 38.3 Å². The van der Waals surface area contributed by atoms with Crippen LogP contribution in [0, 0.1) is 5.41 Å². The Bertz CT molecular complexity index is 1630. The smallest absolute Gasteiger partial charge is 0.409 e. The summed E-state index contributed by atoms with van der Waals surface area (Å²) in [6, 6.07) is 9.74. The van der Waals surface area contributed by atoms with E-state index < -0.39 is 32.6 Å². The first-order valence-corrected chi connectivity index (χ1v) is 18.6. The van der Waals surface area contributed by atoms with Crippen LogP contribution < -0.4 is 10.5 Å². The quantitative estimate of drug-likeness (QED) is 0.129. The van der Waals surface area contributed by atoms with Crippen LogP contribution in [0.25, 0.3) is 0 Å². The Morgan fingerprint density at radius 3 is 1.83 bits per heavy atom. The van der Waals surface area contributed by atoms with E-state index in [1.165, 1.54) is 0 Å². The van der Waals surface area contributed by atoms with Crippen molar-refractivity contribution in [3.05, 3.63) is 64.2 Å². The Hall–Kier alpha value is -3.57. The van der Waals surface area contributed by atoms with Crippen LogP contribution in [0.2, 0.25) is 0 Å². The van der Waals surface area contributed by atoms with Crippen molar-refractivity contribution in [2.45, 2.75) is 83.6 Å². The van der Waals surface area contributed by atoms with Gasteiger partial charge in [-0.3, -0.25) is 19.3 Å². The molecular formula is C32H49N5O9S2. The Balaban J connectivity index is 0.00000149. The summed E-state index contributed by atoms with van der Waals surface area (Å²) in [5.74, 6) is -0.416. The summed E-state index contributed by atoms with van der Waals surface area (Å²) < 4.78 is 68.1. The number of nitrogens with zero attached hydrogens (tertiary/aromatic N) is 2. The van der Waals surface area contributed by atoms with E-state index in [9.17, 15) is 18.0 Å². The van der Waals surface area contributed by atoms with Gasteiger partial charge in [-0.2, -0.15) is 13.1 Å². The van der Waals surface area contributed by atoms with E-state index in [2.05, 4.69) is 18.6 Å². The van der Waals surface area contributed by atoms with Crippen molar-refractivity contribution < 1.29 is 40.3 Å². The number of sulfonamides is 1. The van der Waals surface area contributed by atoms with Gasteiger partial charge in [0.05, 0.1) is 11.5 Å². The lowest BCUT2D eigenvalue weighted by Gasteiger charge is -2.36. The molecule has 0 saturated carbocycles. The van der Waals surface area contributed by atoms with Crippen molar-refractivity contribution in [1.29, 1.82) is 5.41 Å². The zero-order valence-electron chi connectivity index (χ0n) is 28.6. The van der Waals surface area contributed by atoms with Gasteiger partial charge >= 0.3 is 16.5 Å². The monoisotopic (exact) mass is 711 g/mol. The Labute approximate surface area is 284 Å². The fourth-order valence-corrected chi connectivity index (χ4v) is 7.16. The van der Waals surface area contributed by atoms with Crippen LogP contribution in [0.1, 0.15) is 94.0 Å². The molecule has 1 heterocycles. The molecule has 48 heavy (non-hydrogen) atoms. The molecule has 3 rings (SSSR count). The summed E-state index contributed by atoms with van der Waals surface area (Å²) in [6.45, 7) is 15.1. The predicted octanol–water partition coefficient (Wildman–Crippen LogP) is 3.88. The van der Waals surface area contributed by atoms with Crippen LogP contribution in [0.15, 0.2) is 41.3 Å². The average molecular weight is 712 g/mol. The number of benzene rings is 2. The van der Waals surface area contributed by atoms with E-state index in [1.807, 2.05) is 39.8 Å². The highest BCUT2D eigenvalue weighted by molar-refractivity contribution is 7.89. The number of hydrogen-bond donors (Lipinski definition) is 5. The zero-order chi connectivity index (χ0) is 36.6. The maximum absolute atomic E-state index is 14.3. The molecule has 16 heteroatoms. The van der Waals surface area contributed by atoms with Crippen LogP contribution in [0.4, 0.5) is 4.79 Å². The van der Waals surface area contributed by atoms with Gasteiger partial charge in [0.2, 0.25) is 15.9 Å². The summed E-state index contributed by atoms with van der Waals surface area (Å²) in [5.41, 5.74) is 9.37. The number of nitrogens with one attached hydrogen (secondary N) is 2. The summed E-state index contributed by atoms with van der Waals surface area (Å²) in [7, 11) is -8.83. The highest BCUT2D eigenvalue weighted by atomic mass is 32.3. The Kier molecular flexibility index (Phi) is 14.5. The first kappa shape index (κ1) is 40.6. The number of carbonyl (C=O) groups excluding carboxylic acids is 2. The first-order chi connectivity index (χ1) is 22.2. The average Bonchev–Trinajstić information content (AvgIpc) is 2.99. The van der Waals surface area contributed by atoms with Gasteiger partial charge in [0.15, 0.2) is 0 Å². The van der Waals surface area contributed by atoms with Crippen LogP contribution in [-0.4, -0.2) is 92.4 Å². The normalized spacial score (nSPS) is 14.5. The Morgan fingerprint density at radius 1 is 0.896 bits per heavy atom. The second kappa shape index (κ2) is 17.2. The van der Waals surface area contributed by atoms with Crippen molar-refractivity contribution in [1.82, 2.24) is 14.5 Å². The zero-order valence-corrected chi connectivity index (χ0v) is 30.2. The van der Waals surface area contributed by atoms with E-state index in [-0.39, 0.29) is 73.6 Å². The maximum atomic E-state index is 14.3. The van der Waals surface area contributed by atoms with Gasteiger partial charge in [-0.25, -0.2) is 13.2 Å². The van der Waals surface area contributed by atoms with Crippen LogP contribution in [-0.2, 0) is 36.4 Å². The van der Waals surface area contributed by atoms with E-state index in [4.69, 9.17) is 33.4 Å². The minimum atomic E-state index is -4.67. The minimum absolute atomic E-state index is 0.0649. The van der Waals surface area contributed by atoms with Crippen LogP contribution >= 0.6 is 0 Å². The number of nitrogen functional groups attached to an aromatic ring is 1. The molecule has 1 saturated heterocycles. The van der Waals surface area contributed by atoms with E-state index in [1.54, 1.807) is 41.0 Å². The molecule has 6 N–H and O–H groups in total. The maximum Gasteiger partial charge on any atom is 0.409 e. The van der Waals surface area contributed by atoms with Gasteiger partial charge in [-0.15, -0.1) is 0 Å². The lowest BCUT2D eigenvalue weighted by Crippen LogP contribution is -2.56. The molecular weight excluding hydrogens is 663 g/mol. The first-order valence-electron chi connectivity index (χ1n) is 15.7. The van der Waals surface area contributed by atoms with Gasteiger partial charge in [-0.1, -0.05) is 71.9 Å². The van der Waals surface area contributed by atoms with Crippen molar-refractivity contribution in [3.8, 4) is 0 Å². The van der Waals surface area contributed by atoms with Gasteiger partial charge in [0.25, 0.3) is 0 Å². The molecule has 1 atom stereocenters. The number of ether oxygens (including phenoxy) is 1. The molecule has 268 valence electrons. The van der Waals surface area contributed by atoms with Gasteiger partial charge in [-0.05, 0) is 59.4 Å². The SMILES string of the molecule is CCOC(=O)N1CCN(C(=O)[C@H](Cc2cccc(C(=N)N)c2)NS(=O)(=O)c2c(C(C)C)cc(C(C)C)cc2C(C)C)CC1.O=S(=O)(O)O. The molecule has 0 spiro atoms. The van der Waals surface area contributed by atoms with Gasteiger partial charge < -0.3 is 20.3 Å². The lowest BCUT2D eigenvalue weighted by molar-refractivity contribution is -0.134. The Morgan fingerprint density at radius 2 is 1.40 bits per heavy atom. The van der Waals surface area contributed by atoms with E-state index in [0.29, 0.717) is 11.1 Å². The standard InChI is InChI=1S/C32H47N5O5S.H2O4S/c1-8-42-32(39)37-14-12-36(13-15-37)31(38)28(17-23-10-9-11-24(16-23)30(33)34)35-43(40,41)29-26(21(4)5)18-25(20(2)3)19-27(29)22(6)7;1-5(2,3)4/h9-11,16,18-22,28,35H,8,12-15,17H2,1-7H3,(H3,33,34);(H2,1,2,3,4)/t28-;/m0./s1. The highest BCUT2D eigenvalue weighted by Crippen LogP contribution is 2.35. The van der Waals surface area contributed by atoms with Gasteiger partial charge in [0, 0.05) is 31.7 Å². The third-order valence-electron chi connectivity index (χ3n) is 7.74. The van der Waals surface area contributed by atoms with E-state index in [0.717, 1.165) is 16.7 Å². The third-order valence-corrected chi connectivity index (χ3v) is 9.34. The molecule has 0 unspecified atom stereocenters. The molecule has 2 aromatic carbocycles. The third kappa shape index (κ3) is 11.8. The second-order valence-electron chi connectivity index (χ2n) is 12.4. The number of amidine groups is 1. The van der Waals surface area contributed by atoms with Crippen LogP contribution in [0.5, 0.6) is 0 Å². The lowest BCUT2D eigenvalue weighted by atomic mass is 9.89. The summed E-state index contributed by atoms with van der Waals surface area (Å²) in [5, 5.41) is 7.82. The fraction of sp³-hybridized carbons (Fsp3) is 0.531. The van der Waals surface area contributed by atoms with Crippen molar-refractivity contribution in [3.63, 3.8) is 0 Å². The molecule has 0 bridgehead atoms. The molecule has 1 aliphatic rings. The number of rotatable bonds is 11. The number of hydrogen-bond acceptors (Lipinski definition) is 8. The number of piperazine rings is 1. The van der Waals surface area contributed by atoms with Crippen LogP contribution in [0.3, 0.4) is 0 Å². The molecule has 0 radical (unpaired) electrons. The molecule has 2 amide bonds. The van der Waals surface area contributed by atoms with Gasteiger partial charge in [0.1, 0.15) is 11.9 Å². The fourth-order valence-electron chi connectivity index (χ4n) is 5.27. The molecule has 1 aliphatic heterocycles. The van der Waals surface area contributed by atoms with Crippen molar-refractivity contribution in [2.24, 2.45) is 5.73 Å². The largest absolute Gasteiger partial charge is 0.450 e. The molecule has 0 aromatic heterocycles. The predicted molar refractivity (Wildman–Crippen MR) is 183 cm³/mol. The molecule has 1 fully saturated rings. The number of nitrogens with two attached hydrogens (primary N) is 1. The molecule has 2 aromatic rings. The summed E-state index contributed by atoms with van der Waals surface area (Å²) in [6.07, 6.45) is -0.366. The second-order valence-corrected chi connectivity index (χ2v) is 15.0. The topological polar surface area (TPSA) is 220 Å². The number of amides is 2. The minimum Gasteiger partial charge on any atom is -0.450 e. The summed E-state index contributed by atoms with van der Waals surface area (Å²) in [4.78, 5) is 29.6. The summed E-state index contributed by atoms with van der Waals surface area (Å²) >= 11 is 0. The van der Waals surface area contributed by atoms with Crippen molar-refractivity contribution in [2.75, 3.05) is 32.8 Å².